The molecule has 1 saturated carbocycles. The lowest BCUT2D eigenvalue weighted by Gasteiger charge is -2.30. The van der Waals surface area contributed by atoms with Crippen LogP contribution in [-0.4, -0.2) is 50.5 Å². The zero-order chi connectivity index (χ0) is 19.1. The van der Waals surface area contributed by atoms with Gasteiger partial charge in [-0.2, -0.15) is 0 Å². The molecule has 5 rings (SSSR count). The predicted octanol–water partition coefficient (Wildman–Crippen LogP) is 3.28. The Balaban J connectivity index is 1.30. The number of hydrogen-bond donors (Lipinski definition) is 0. The van der Waals surface area contributed by atoms with E-state index in [1.165, 1.54) is 36.8 Å². The molecular weight excluding hydrogens is 370 g/mol. The van der Waals surface area contributed by atoms with Crippen LogP contribution in [0.3, 0.4) is 0 Å². The van der Waals surface area contributed by atoms with Crippen LogP contribution in [0.4, 0.5) is 5.95 Å². The third kappa shape index (κ3) is 3.41. The fourth-order valence-corrected chi connectivity index (χ4v) is 5.28. The maximum Gasteiger partial charge on any atom is 0.236 e. The van der Waals surface area contributed by atoms with E-state index in [4.69, 9.17) is 0 Å². The SMILES string of the molecule is CC(Sc1nnc(N2CCCC2)n1C1CC1)C(=O)N1CCc2ccccc2C1. The molecule has 3 heterocycles. The number of nitrogens with zero attached hydrogens (tertiary/aromatic N) is 5. The van der Waals surface area contributed by atoms with E-state index in [0.29, 0.717) is 12.6 Å². The largest absolute Gasteiger partial charge is 0.341 e. The van der Waals surface area contributed by atoms with Crippen molar-refractivity contribution < 1.29 is 4.79 Å². The first kappa shape index (κ1) is 18.0. The van der Waals surface area contributed by atoms with E-state index in [1.807, 2.05) is 11.8 Å². The lowest BCUT2D eigenvalue weighted by Crippen LogP contribution is -2.40. The third-order valence-corrected chi connectivity index (χ3v) is 7.06. The molecule has 1 atom stereocenters. The summed E-state index contributed by atoms with van der Waals surface area (Å²) < 4.78 is 2.30. The van der Waals surface area contributed by atoms with Gasteiger partial charge in [0.25, 0.3) is 0 Å². The lowest BCUT2D eigenvalue weighted by molar-refractivity contribution is -0.131. The molecule has 6 nitrogen and oxygen atoms in total. The molecule has 2 aromatic rings. The fraction of sp³-hybridized carbons (Fsp3) is 0.571. The summed E-state index contributed by atoms with van der Waals surface area (Å²) in [5.74, 6) is 1.21. The van der Waals surface area contributed by atoms with Crippen molar-refractivity contribution >= 4 is 23.6 Å². The van der Waals surface area contributed by atoms with Crippen LogP contribution in [0.15, 0.2) is 29.4 Å². The number of anilines is 1. The average molecular weight is 398 g/mol. The topological polar surface area (TPSA) is 54.3 Å². The van der Waals surface area contributed by atoms with E-state index in [0.717, 1.165) is 37.2 Å². The van der Waals surface area contributed by atoms with Crippen molar-refractivity contribution in [2.75, 3.05) is 24.5 Å². The molecule has 1 amide bonds. The Morgan fingerprint density at radius 3 is 2.61 bits per heavy atom. The highest BCUT2D eigenvalue weighted by Crippen LogP contribution is 2.42. The van der Waals surface area contributed by atoms with Crippen molar-refractivity contribution in [1.29, 1.82) is 0 Å². The maximum absolute atomic E-state index is 13.1. The number of rotatable bonds is 5. The van der Waals surface area contributed by atoms with Gasteiger partial charge in [0, 0.05) is 32.2 Å². The Hall–Kier alpha value is -2.02. The fourth-order valence-electron chi connectivity index (χ4n) is 4.28. The minimum atomic E-state index is -0.154. The van der Waals surface area contributed by atoms with Crippen LogP contribution in [0, 0.1) is 0 Å². The highest BCUT2D eigenvalue weighted by molar-refractivity contribution is 8.00. The van der Waals surface area contributed by atoms with Gasteiger partial charge in [0.15, 0.2) is 5.16 Å². The van der Waals surface area contributed by atoms with E-state index in [1.54, 1.807) is 11.8 Å². The number of carbonyl (C=O) groups is 1. The monoisotopic (exact) mass is 397 g/mol. The molecule has 1 aromatic heterocycles. The Kier molecular flexibility index (Phi) is 4.78. The number of carbonyl (C=O) groups excluding carboxylic acids is 1. The molecule has 0 bridgehead atoms. The minimum Gasteiger partial charge on any atom is -0.341 e. The van der Waals surface area contributed by atoms with E-state index in [9.17, 15) is 4.79 Å². The van der Waals surface area contributed by atoms with Gasteiger partial charge in [-0.25, -0.2) is 0 Å². The molecule has 7 heteroatoms. The van der Waals surface area contributed by atoms with Gasteiger partial charge >= 0.3 is 0 Å². The molecule has 3 aliphatic rings. The quantitative estimate of drug-likeness (QED) is 0.725. The molecule has 148 valence electrons. The molecule has 0 spiro atoms. The van der Waals surface area contributed by atoms with E-state index in [2.05, 4.69) is 43.9 Å². The number of amides is 1. The summed E-state index contributed by atoms with van der Waals surface area (Å²) in [6, 6.07) is 8.96. The molecular formula is C21H27N5OS. The number of thioether (sulfide) groups is 1. The molecule has 0 N–H and O–H groups in total. The summed E-state index contributed by atoms with van der Waals surface area (Å²) >= 11 is 1.57. The van der Waals surface area contributed by atoms with Crippen LogP contribution in [0.2, 0.25) is 0 Å². The van der Waals surface area contributed by atoms with E-state index >= 15 is 0 Å². The van der Waals surface area contributed by atoms with Crippen molar-refractivity contribution in [2.45, 2.75) is 62.0 Å². The molecule has 0 radical (unpaired) electrons. The zero-order valence-corrected chi connectivity index (χ0v) is 17.2. The predicted molar refractivity (Wildman–Crippen MR) is 111 cm³/mol. The average Bonchev–Trinajstić information content (AvgIpc) is 3.24. The lowest BCUT2D eigenvalue weighted by atomic mass is 10.00. The summed E-state index contributed by atoms with van der Waals surface area (Å²) in [5.41, 5.74) is 2.65. The van der Waals surface area contributed by atoms with Crippen LogP contribution in [0.1, 0.15) is 49.8 Å². The van der Waals surface area contributed by atoms with Gasteiger partial charge in [-0.1, -0.05) is 36.0 Å². The van der Waals surface area contributed by atoms with Crippen LogP contribution in [0.5, 0.6) is 0 Å². The number of hydrogen-bond acceptors (Lipinski definition) is 5. The molecule has 1 aliphatic carbocycles. The molecule has 1 unspecified atom stereocenters. The Labute approximate surface area is 170 Å². The second-order valence-electron chi connectivity index (χ2n) is 8.12. The number of fused-ring (bicyclic) bond motifs is 1. The van der Waals surface area contributed by atoms with Gasteiger partial charge < -0.3 is 9.80 Å². The third-order valence-electron chi connectivity index (χ3n) is 6.02. The highest BCUT2D eigenvalue weighted by Gasteiger charge is 2.34. The van der Waals surface area contributed by atoms with Gasteiger partial charge in [-0.05, 0) is 50.2 Å². The van der Waals surface area contributed by atoms with Crippen molar-refractivity contribution in [3.05, 3.63) is 35.4 Å². The van der Waals surface area contributed by atoms with Crippen molar-refractivity contribution in [1.82, 2.24) is 19.7 Å². The van der Waals surface area contributed by atoms with Crippen LogP contribution in [-0.2, 0) is 17.8 Å². The van der Waals surface area contributed by atoms with Crippen LogP contribution in [0.25, 0.3) is 0 Å². The van der Waals surface area contributed by atoms with Crippen LogP contribution >= 0.6 is 11.8 Å². The maximum atomic E-state index is 13.1. The Morgan fingerprint density at radius 2 is 1.86 bits per heavy atom. The summed E-state index contributed by atoms with van der Waals surface area (Å²) in [5, 5.41) is 9.75. The van der Waals surface area contributed by atoms with Gasteiger partial charge in [0.2, 0.25) is 11.9 Å². The van der Waals surface area contributed by atoms with E-state index < -0.39 is 0 Å². The summed E-state index contributed by atoms with van der Waals surface area (Å²) in [4.78, 5) is 17.5. The molecule has 1 aromatic carbocycles. The molecule has 1 saturated heterocycles. The van der Waals surface area contributed by atoms with Crippen molar-refractivity contribution in [3.63, 3.8) is 0 Å². The highest BCUT2D eigenvalue weighted by atomic mass is 32.2. The first-order chi connectivity index (χ1) is 13.7. The van der Waals surface area contributed by atoms with Crippen LogP contribution < -0.4 is 4.90 Å². The van der Waals surface area contributed by atoms with Crippen molar-refractivity contribution in [2.24, 2.45) is 0 Å². The normalized spacial score (nSPS) is 20.3. The molecule has 28 heavy (non-hydrogen) atoms. The number of benzene rings is 1. The minimum absolute atomic E-state index is 0.154. The Morgan fingerprint density at radius 1 is 1.11 bits per heavy atom. The second kappa shape index (κ2) is 7.43. The summed E-state index contributed by atoms with van der Waals surface area (Å²) in [7, 11) is 0. The smallest absolute Gasteiger partial charge is 0.236 e. The summed E-state index contributed by atoms with van der Waals surface area (Å²) in [6.07, 6.45) is 5.78. The van der Waals surface area contributed by atoms with Gasteiger partial charge in [-0.15, -0.1) is 10.2 Å². The molecule has 2 aliphatic heterocycles. The van der Waals surface area contributed by atoms with Gasteiger partial charge in [-0.3, -0.25) is 9.36 Å². The number of aromatic nitrogens is 3. The first-order valence-electron chi connectivity index (χ1n) is 10.4. The van der Waals surface area contributed by atoms with Gasteiger partial charge in [0.1, 0.15) is 0 Å². The first-order valence-corrected chi connectivity index (χ1v) is 11.3. The van der Waals surface area contributed by atoms with Gasteiger partial charge in [0.05, 0.1) is 5.25 Å². The Bertz CT molecular complexity index is 871. The standard InChI is InChI=1S/C21H27N5OS/c1-15(19(27)25-13-10-16-6-2-3-7-17(16)14-25)28-21-23-22-20(24-11-4-5-12-24)26(21)18-8-9-18/h2-3,6-7,15,18H,4-5,8-14H2,1H3. The molecule has 2 fully saturated rings. The van der Waals surface area contributed by atoms with Crippen molar-refractivity contribution in [3.8, 4) is 0 Å². The van der Waals surface area contributed by atoms with E-state index in [-0.39, 0.29) is 11.2 Å². The zero-order valence-electron chi connectivity index (χ0n) is 16.4. The second-order valence-corrected chi connectivity index (χ2v) is 9.42. The summed E-state index contributed by atoms with van der Waals surface area (Å²) in [6.45, 7) is 5.66.